The van der Waals surface area contributed by atoms with E-state index in [1.165, 1.54) is 19.2 Å². The number of aliphatic hydroxyl groups is 1. The summed E-state index contributed by atoms with van der Waals surface area (Å²) in [5, 5.41) is 9.98. The minimum Gasteiger partial charge on any atom is -0.497 e. The second-order valence-electron chi connectivity index (χ2n) is 4.46. The van der Waals surface area contributed by atoms with E-state index in [1.807, 2.05) is 6.07 Å². The predicted octanol–water partition coefficient (Wildman–Crippen LogP) is 1.71. The molecule has 0 aliphatic carbocycles. The van der Waals surface area contributed by atoms with Crippen molar-refractivity contribution in [3.63, 3.8) is 0 Å². The Morgan fingerprint density at radius 1 is 1.14 bits per heavy atom. The van der Waals surface area contributed by atoms with Gasteiger partial charge in [-0.1, -0.05) is 36.4 Å². The van der Waals surface area contributed by atoms with Gasteiger partial charge >= 0.3 is 0 Å². The minimum absolute atomic E-state index is 0.0937. The molecule has 0 aliphatic heterocycles. The predicted molar refractivity (Wildman–Crippen MR) is 79.6 cm³/mol. The average Bonchev–Trinajstić information content (AvgIpc) is 2.53. The Morgan fingerprint density at radius 3 is 2.52 bits per heavy atom. The molecule has 21 heavy (non-hydrogen) atoms. The summed E-state index contributed by atoms with van der Waals surface area (Å²) in [6.07, 6.45) is -0.897. The molecule has 0 saturated carbocycles. The Bertz CT molecular complexity index is 686. The van der Waals surface area contributed by atoms with Crippen molar-refractivity contribution in [3.05, 3.63) is 60.2 Å². The zero-order chi connectivity index (χ0) is 15.3. The molecule has 0 aliphatic rings. The van der Waals surface area contributed by atoms with Crippen LogP contribution < -0.4 is 9.46 Å². The Balaban J connectivity index is 2.07. The maximum absolute atomic E-state index is 12.2. The average molecular weight is 307 g/mol. The fourth-order valence-electron chi connectivity index (χ4n) is 1.83. The van der Waals surface area contributed by atoms with Crippen LogP contribution in [-0.4, -0.2) is 27.2 Å². The number of hydrogen-bond acceptors (Lipinski definition) is 4. The van der Waals surface area contributed by atoms with Crippen LogP contribution >= 0.6 is 0 Å². The highest BCUT2D eigenvalue weighted by atomic mass is 32.2. The van der Waals surface area contributed by atoms with Crippen LogP contribution in [-0.2, 0) is 10.0 Å². The summed E-state index contributed by atoms with van der Waals surface area (Å²) in [7, 11) is -2.22. The first-order valence-electron chi connectivity index (χ1n) is 6.39. The van der Waals surface area contributed by atoms with Crippen molar-refractivity contribution < 1.29 is 18.3 Å². The molecular formula is C15H17NO4S. The van der Waals surface area contributed by atoms with Crippen LogP contribution in [0, 0.1) is 0 Å². The number of sulfonamides is 1. The molecule has 1 unspecified atom stereocenters. The maximum atomic E-state index is 12.2. The lowest BCUT2D eigenvalue weighted by atomic mass is 10.1. The van der Waals surface area contributed by atoms with Gasteiger partial charge < -0.3 is 9.84 Å². The normalized spacial score (nSPS) is 12.9. The second-order valence-corrected chi connectivity index (χ2v) is 6.22. The summed E-state index contributed by atoms with van der Waals surface area (Å²) in [5.74, 6) is 0.460. The topological polar surface area (TPSA) is 75.6 Å². The van der Waals surface area contributed by atoms with Crippen molar-refractivity contribution >= 4 is 10.0 Å². The summed E-state index contributed by atoms with van der Waals surface area (Å²) in [6.45, 7) is -0.0937. The molecule has 0 radical (unpaired) electrons. The maximum Gasteiger partial charge on any atom is 0.240 e. The van der Waals surface area contributed by atoms with Crippen molar-refractivity contribution in [2.24, 2.45) is 0 Å². The van der Waals surface area contributed by atoms with Crippen molar-refractivity contribution in [2.45, 2.75) is 11.0 Å². The van der Waals surface area contributed by atoms with E-state index in [-0.39, 0.29) is 11.4 Å². The van der Waals surface area contributed by atoms with Gasteiger partial charge in [0.15, 0.2) is 0 Å². The number of methoxy groups -OCH3 is 1. The third-order valence-electron chi connectivity index (χ3n) is 3.00. The van der Waals surface area contributed by atoms with Gasteiger partial charge in [-0.3, -0.25) is 0 Å². The molecule has 0 amide bonds. The van der Waals surface area contributed by atoms with Crippen LogP contribution in [0.25, 0.3) is 0 Å². The number of rotatable bonds is 6. The smallest absolute Gasteiger partial charge is 0.240 e. The molecular weight excluding hydrogens is 290 g/mol. The van der Waals surface area contributed by atoms with Gasteiger partial charge in [0.05, 0.1) is 18.1 Å². The molecule has 112 valence electrons. The van der Waals surface area contributed by atoms with Crippen LogP contribution in [0.3, 0.4) is 0 Å². The fraction of sp³-hybridized carbons (Fsp3) is 0.200. The van der Waals surface area contributed by atoms with E-state index >= 15 is 0 Å². The third-order valence-corrected chi connectivity index (χ3v) is 4.42. The van der Waals surface area contributed by atoms with Crippen LogP contribution in [0.1, 0.15) is 11.7 Å². The molecule has 0 fully saturated rings. The summed E-state index contributed by atoms with van der Waals surface area (Å²) in [4.78, 5) is 0.0992. The van der Waals surface area contributed by atoms with Gasteiger partial charge in [0.25, 0.3) is 0 Å². The van der Waals surface area contributed by atoms with Crippen LogP contribution in [0.5, 0.6) is 5.75 Å². The number of benzene rings is 2. The van der Waals surface area contributed by atoms with Crippen LogP contribution in [0.2, 0.25) is 0 Å². The first kappa shape index (κ1) is 15.5. The zero-order valence-electron chi connectivity index (χ0n) is 11.6. The summed E-state index contributed by atoms with van der Waals surface area (Å²) >= 11 is 0. The number of aliphatic hydroxyl groups excluding tert-OH is 1. The van der Waals surface area contributed by atoms with Gasteiger partial charge in [-0.25, -0.2) is 13.1 Å². The lowest BCUT2D eigenvalue weighted by Crippen LogP contribution is -2.28. The van der Waals surface area contributed by atoms with Gasteiger partial charge in [-0.15, -0.1) is 0 Å². The second kappa shape index (κ2) is 6.71. The van der Waals surface area contributed by atoms with Gasteiger partial charge in [0.1, 0.15) is 5.75 Å². The molecule has 5 nitrogen and oxygen atoms in total. The standard InChI is InChI=1S/C15H17NO4S/c1-20-13-8-5-9-14(10-13)21(18,19)16-11-15(17)12-6-3-2-4-7-12/h2-10,15-17H,11H2,1H3. The Morgan fingerprint density at radius 2 is 1.86 bits per heavy atom. The Labute approximate surface area is 124 Å². The van der Waals surface area contributed by atoms with Crippen molar-refractivity contribution in [1.82, 2.24) is 4.72 Å². The van der Waals surface area contributed by atoms with Gasteiger partial charge in [-0.05, 0) is 17.7 Å². The molecule has 6 heteroatoms. The summed E-state index contributed by atoms with van der Waals surface area (Å²) < 4.78 is 31.7. The van der Waals surface area contributed by atoms with E-state index in [9.17, 15) is 13.5 Å². The van der Waals surface area contributed by atoms with E-state index in [2.05, 4.69) is 4.72 Å². The minimum atomic E-state index is -3.69. The largest absolute Gasteiger partial charge is 0.497 e. The summed E-state index contributed by atoms with van der Waals surface area (Å²) in [5.41, 5.74) is 0.658. The monoisotopic (exact) mass is 307 g/mol. The number of nitrogens with one attached hydrogen (secondary N) is 1. The SMILES string of the molecule is COc1cccc(S(=O)(=O)NCC(O)c2ccccc2)c1. The number of hydrogen-bond donors (Lipinski definition) is 2. The molecule has 0 bridgehead atoms. The third kappa shape index (κ3) is 4.04. The fourth-order valence-corrected chi connectivity index (χ4v) is 2.91. The summed E-state index contributed by atoms with van der Waals surface area (Å²) in [6, 6.07) is 15.0. The first-order valence-corrected chi connectivity index (χ1v) is 7.88. The zero-order valence-corrected chi connectivity index (χ0v) is 12.4. The molecule has 0 saturated heterocycles. The van der Waals surface area contributed by atoms with Crippen LogP contribution in [0.4, 0.5) is 0 Å². The molecule has 2 rings (SSSR count). The molecule has 1 atom stereocenters. The molecule has 0 spiro atoms. The number of ether oxygens (including phenoxy) is 1. The van der Waals surface area contributed by atoms with E-state index in [4.69, 9.17) is 4.74 Å². The van der Waals surface area contributed by atoms with E-state index in [0.29, 0.717) is 11.3 Å². The van der Waals surface area contributed by atoms with Gasteiger partial charge in [-0.2, -0.15) is 0 Å². The highest BCUT2D eigenvalue weighted by Crippen LogP contribution is 2.18. The van der Waals surface area contributed by atoms with Crippen molar-refractivity contribution in [3.8, 4) is 5.75 Å². The van der Waals surface area contributed by atoms with E-state index in [1.54, 1.807) is 36.4 Å². The van der Waals surface area contributed by atoms with E-state index < -0.39 is 16.1 Å². The Kier molecular flexibility index (Phi) is 4.95. The molecule has 0 aromatic heterocycles. The molecule has 2 aromatic rings. The lowest BCUT2D eigenvalue weighted by molar-refractivity contribution is 0.182. The van der Waals surface area contributed by atoms with E-state index in [0.717, 1.165) is 0 Å². The quantitative estimate of drug-likeness (QED) is 0.852. The highest BCUT2D eigenvalue weighted by molar-refractivity contribution is 7.89. The molecule has 0 heterocycles. The van der Waals surface area contributed by atoms with Crippen LogP contribution in [0.15, 0.2) is 59.5 Å². The van der Waals surface area contributed by atoms with Crippen molar-refractivity contribution in [2.75, 3.05) is 13.7 Å². The molecule has 2 aromatic carbocycles. The van der Waals surface area contributed by atoms with Gasteiger partial charge in [0, 0.05) is 12.6 Å². The first-order chi connectivity index (χ1) is 10.0. The lowest BCUT2D eigenvalue weighted by Gasteiger charge is -2.13. The van der Waals surface area contributed by atoms with Gasteiger partial charge in [0.2, 0.25) is 10.0 Å². The molecule has 2 N–H and O–H groups in total. The Hall–Kier alpha value is -1.89. The van der Waals surface area contributed by atoms with Crippen molar-refractivity contribution in [1.29, 1.82) is 0 Å². The highest BCUT2D eigenvalue weighted by Gasteiger charge is 2.17.